The minimum atomic E-state index is 0.819. The number of anilines is 1. The first kappa shape index (κ1) is 12.4. The van der Waals surface area contributed by atoms with E-state index in [0.717, 1.165) is 18.0 Å². The predicted octanol–water partition coefficient (Wildman–Crippen LogP) is 3.59. The molecular formula is C13H21NS. The van der Waals surface area contributed by atoms with Crippen LogP contribution >= 0.6 is 11.8 Å². The monoisotopic (exact) mass is 223 g/mol. The lowest BCUT2D eigenvalue weighted by molar-refractivity contribution is 0.632. The van der Waals surface area contributed by atoms with Gasteiger partial charge in [0.1, 0.15) is 0 Å². The fourth-order valence-electron chi connectivity index (χ4n) is 1.37. The third-order valence-electron chi connectivity index (χ3n) is 2.41. The van der Waals surface area contributed by atoms with Crippen molar-refractivity contribution in [3.05, 3.63) is 29.8 Å². The molecule has 0 saturated heterocycles. The van der Waals surface area contributed by atoms with Gasteiger partial charge in [-0.3, -0.25) is 0 Å². The summed E-state index contributed by atoms with van der Waals surface area (Å²) < 4.78 is 0. The number of para-hydroxylation sites is 1. The van der Waals surface area contributed by atoms with E-state index < -0.39 is 0 Å². The largest absolute Gasteiger partial charge is 0.399 e. The van der Waals surface area contributed by atoms with Crippen molar-refractivity contribution in [1.82, 2.24) is 0 Å². The summed E-state index contributed by atoms with van der Waals surface area (Å²) in [5.74, 6) is 3.27. The third-order valence-corrected chi connectivity index (χ3v) is 3.43. The molecule has 1 rings (SSSR count). The second-order valence-corrected chi connectivity index (χ2v) is 5.47. The molecule has 0 radical (unpaired) electrons. The molecule has 0 aromatic heterocycles. The summed E-state index contributed by atoms with van der Waals surface area (Å²) in [6.07, 6.45) is 2.41. The van der Waals surface area contributed by atoms with Gasteiger partial charge in [-0.05, 0) is 41.9 Å². The van der Waals surface area contributed by atoms with Crippen molar-refractivity contribution in [2.24, 2.45) is 5.92 Å². The van der Waals surface area contributed by atoms with E-state index in [1.165, 1.54) is 23.5 Å². The van der Waals surface area contributed by atoms with Crippen LogP contribution in [0.15, 0.2) is 24.3 Å². The molecule has 0 spiro atoms. The van der Waals surface area contributed by atoms with Crippen LogP contribution in [0.5, 0.6) is 0 Å². The molecule has 1 aromatic rings. The smallest absolute Gasteiger partial charge is 0.0346 e. The standard InChI is InChI=1S/C13H21NS/c1-11(2)7-9-15-10-8-12-5-3-4-6-13(12)14/h3-6,11H,7-10,14H2,1-2H3. The first-order valence-electron chi connectivity index (χ1n) is 5.61. The number of hydrogen-bond donors (Lipinski definition) is 1. The third kappa shape index (κ3) is 5.12. The average molecular weight is 223 g/mol. The lowest BCUT2D eigenvalue weighted by atomic mass is 10.1. The van der Waals surface area contributed by atoms with Gasteiger partial charge in [-0.15, -0.1) is 0 Å². The second-order valence-electron chi connectivity index (χ2n) is 4.24. The predicted molar refractivity (Wildman–Crippen MR) is 71.3 cm³/mol. The fraction of sp³-hybridized carbons (Fsp3) is 0.538. The molecule has 0 saturated carbocycles. The van der Waals surface area contributed by atoms with Gasteiger partial charge in [-0.2, -0.15) is 11.8 Å². The van der Waals surface area contributed by atoms with Crippen molar-refractivity contribution in [2.75, 3.05) is 17.2 Å². The number of benzene rings is 1. The van der Waals surface area contributed by atoms with Crippen molar-refractivity contribution in [3.63, 3.8) is 0 Å². The van der Waals surface area contributed by atoms with Gasteiger partial charge >= 0.3 is 0 Å². The molecule has 0 aliphatic rings. The fourth-order valence-corrected chi connectivity index (χ4v) is 2.57. The zero-order chi connectivity index (χ0) is 11.1. The Balaban J connectivity index is 2.18. The highest BCUT2D eigenvalue weighted by molar-refractivity contribution is 7.99. The van der Waals surface area contributed by atoms with Gasteiger partial charge in [-0.25, -0.2) is 0 Å². The Morgan fingerprint density at radius 3 is 2.60 bits per heavy atom. The van der Waals surface area contributed by atoms with Gasteiger partial charge in [0.15, 0.2) is 0 Å². The molecule has 0 bridgehead atoms. The van der Waals surface area contributed by atoms with E-state index in [0.29, 0.717) is 0 Å². The van der Waals surface area contributed by atoms with Crippen LogP contribution in [-0.4, -0.2) is 11.5 Å². The highest BCUT2D eigenvalue weighted by Gasteiger charge is 1.98. The highest BCUT2D eigenvalue weighted by atomic mass is 32.2. The zero-order valence-corrected chi connectivity index (χ0v) is 10.5. The van der Waals surface area contributed by atoms with Crippen molar-refractivity contribution in [3.8, 4) is 0 Å². The van der Waals surface area contributed by atoms with Crippen LogP contribution in [0.2, 0.25) is 0 Å². The number of nitrogens with two attached hydrogens (primary N) is 1. The van der Waals surface area contributed by atoms with Gasteiger partial charge in [0.2, 0.25) is 0 Å². The Morgan fingerprint density at radius 2 is 1.93 bits per heavy atom. The van der Waals surface area contributed by atoms with Gasteiger partial charge < -0.3 is 5.73 Å². The van der Waals surface area contributed by atoms with Crippen LogP contribution in [0.4, 0.5) is 5.69 Å². The van der Waals surface area contributed by atoms with E-state index in [1.54, 1.807) is 0 Å². The number of thioether (sulfide) groups is 1. The molecule has 1 aromatic carbocycles. The van der Waals surface area contributed by atoms with Gasteiger partial charge in [-0.1, -0.05) is 32.0 Å². The molecule has 2 heteroatoms. The topological polar surface area (TPSA) is 26.0 Å². The maximum atomic E-state index is 5.87. The average Bonchev–Trinajstić information content (AvgIpc) is 2.20. The molecule has 1 nitrogen and oxygen atoms in total. The lowest BCUT2D eigenvalue weighted by Gasteiger charge is -2.06. The molecule has 84 valence electrons. The van der Waals surface area contributed by atoms with Crippen LogP contribution in [0, 0.1) is 5.92 Å². The van der Waals surface area contributed by atoms with Crippen LogP contribution < -0.4 is 5.73 Å². The number of rotatable bonds is 6. The Morgan fingerprint density at radius 1 is 1.20 bits per heavy atom. The second kappa shape index (κ2) is 6.78. The Labute approximate surface area is 97.4 Å². The minimum absolute atomic E-state index is 0.819. The Kier molecular flexibility index (Phi) is 5.62. The van der Waals surface area contributed by atoms with E-state index in [9.17, 15) is 0 Å². The normalized spacial score (nSPS) is 10.9. The maximum Gasteiger partial charge on any atom is 0.0346 e. The molecule has 0 aliphatic carbocycles. The molecule has 2 N–H and O–H groups in total. The first-order valence-corrected chi connectivity index (χ1v) is 6.76. The summed E-state index contributed by atoms with van der Waals surface area (Å²) in [6.45, 7) is 4.55. The van der Waals surface area contributed by atoms with E-state index in [1.807, 2.05) is 23.9 Å². The summed E-state index contributed by atoms with van der Waals surface area (Å²) in [5, 5.41) is 0. The zero-order valence-electron chi connectivity index (χ0n) is 9.70. The molecule has 0 fully saturated rings. The van der Waals surface area contributed by atoms with Crippen LogP contribution in [-0.2, 0) is 6.42 Å². The van der Waals surface area contributed by atoms with Gasteiger partial charge in [0.25, 0.3) is 0 Å². The van der Waals surface area contributed by atoms with Crippen molar-refractivity contribution < 1.29 is 0 Å². The van der Waals surface area contributed by atoms with Crippen LogP contribution in [0.3, 0.4) is 0 Å². The van der Waals surface area contributed by atoms with E-state index in [2.05, 4.69) is 26.0 Å². The summed E-state index contributed by atoms with van der Waals surface area (Å²) in [4.78, 5) is 0. The van der Waals surface area contributed by atoms with Crippen molar-refractivity contribution >= 4 is 17.4 Å². The van der Waals surface area contributed by atoms with Crippen LogP contribution in [0.25, 0.3) is 0 Å². The van der Waals surface area contributed by atoms with Crippen molar-refractivity contribution in [2.45, 2.75) is 26.7 Å². The molecule has 0 atom stereocenters. The number of nitrogen functional groups attached to an aromatic ring is 1. The number of aryl methyl sites for hydroxylation is 1. The molecule has 0 unspecified atom stereocenters. The van der Waals surface area contributed by atoms with E-state index >= 15 is 0 Å². The van der Waals surface area contributed by atoms with E-state index in [-0.39, 0.29) is 0 Å². The van der Waals surface area contributed by atoms with Gasteiger partial charge in [0.05, 0.1) is 0 Å². The molecule has 0 heterocycles. The number of hydrogen-bond acceptors (Lipinski definition) is 2. The maximum absolute atomic E-state index is 5.87. The van der Waals surface area contributed by atoms with Crippen LogP contribution in [0.1, 0.15) is 25.8 Å². The summed E-state index contributed by atoms with van der Waals surface area (Å²) in [6, 6.07) is 8.15. The molecule has 0 aliphatic heterocycles. The minimum Gasteiger partial charge on any atom is -0.399 e. The summed E-state index contributed by atoms with van der Waals surface area (Å²) >= 11 is 2.03. The Hall–Kier alpha value is -0.630. The molecule has 0 amide bonds. The molecular weight excluding hydrogens is 202 g/mol. The first-order chi connectivity index (χ1) is 7.20. The van der Waals surface area contributed by atoms with Crippen molar-refractivity contribution in [1.29, 1.82) is 0 Å². The lowest BCUT2D eigenvalue weighted by Crippen LogP contribution is -1.97. The van der Waals surface area contributed by atoms with E-state index in [4.69, 9.17) is 5.73 Å². The van der Waals surface area contributed by atoms with Gasteiger partial charge in [0, 0.05) is 5.69 Å². The SMILES string of the molecule is CC(C)CCSCCc1ccccc1N. The quantitative estimate of drug-likeness (QED) is 0.589. The molecule has 15 heavy (non-hydrogen) atoms. The summed E-state index contributed by atoms with van der Waals surface area (Å²) in [7, 11) is 0. The summed E-state index contributed by atoms with van der Waals surface area (Å²) in [5.41, 5.74) is 8.09. The highest BCUT2D eigenvalue weighted by Crippen LogP contribution is 2.15. The Bertz CT molecular complexity index is 284.